The van der Waals surface area contributed by atoms with Crippen LogP contribution in [-0.2, 0) is 4.74 Å². The van der Waals surface area contributed by atoms with Crippen molar-refractivity contribution in [1.82, 2.24) is 0 Å². The SMILES string of the molecule is C#CC1(C)OC(=N)CC1O. The van der Waals surface area contributed by atoms with Crippen molar-refractivity contribution < 1.29 is 9.84 Å². The van der Waals surface area contributed by atoms with E-state index in [9.17, 15) is 5.11 Å². The average molecular weight is 139 g/mol. The smallest absolute Gasteiger partial charge is 0.193 e. The van der Waals surface area contributed by atoms with Crippen LogP contribution in [0, 0.1) is 17.8 Å². The summed E-state index contributed by atoms with van der Waals surface area (Å²) in [7, 11) is 0. The second-order valence-electron chi connectivity index (χ2n) is 2.50. The van der Waals surface area contributed by atoms with E-state index in [1.807, 2.05) is 0 Å². The molecule has 54 valence electrons. The normalized spacial score (nSPS) is 38.9. The van der Waals surface area contributed by atoms with Gasteiger partial charge in [0.05, 0.1) is 6.42 Å². The molecule has 2 N–H and O–H groups in total. The lowest BCUT2D eigenvalue weighted by molar-refractivity contribution is 0.0353. The summed E-state index contributed by atoms with van der Waals surface area (Å²) < 4.78 is 4.91. The summed E-state index contributed by atoms with van der Waals surface area (Å²) in [4.78, 5) is 0. The Balaban J connectivity index is 2.83. The Morgan fingerprint density at radius 2 is 2.60 bits per heavy atom. The summed E-state index contributed by atoms with van der Waals surface area (Å²) in [5.74, 6) is 2.37. The van der Waals surface area contributed by atoms with E-state index < -0.39 is 11.7 Å². The highest BCUT2D eigenvalue weighted by Gasteiger charge is 2.41. The predicted octanol–water partition coefficient (Wildman–Crippen LogP) is 0.137. The Kier molecular flexibility index (Phi) is 1.42. The minimum Gasteiger partial charge on any atom is -0.459 e. The van der Waals surface area contributed by atoms with Gasteiger partial charge in [0.25, 0.3) is 0 Å². The molecule has 1 saturated heterocycles. The maximum atomic E-state index is 9.21. The second kappa shape index (κ2) is 1.99. The quantitative estimate of drug-likeness (QED) is 0.469. The maximum absolute atomic E-state index is 9.21. The van der Waals surface area contributed by atoms with Gasteiger partial charge in [0.2, 0.25) is 0 Å². The van der Waals surface area contributed by atoms with Gasteiger partial charge in [-0.2, -0.15) is 0 Å². The monoisotopic (exact) mass is 139 g/mol. The van der Waals surface area contributed by atoms with Crippen molar-refractivity contribution in [1.29, 1.82) is 5.41 Å². The number of nitrogens with one attached hydrogen (secondary N) is 1. The fourth-order valence-corrected chi connectivity index (χ4v) is 0.862. The lowest BCUT2D eigenvalue weighted by Gasteiger charge is -2.18. The molecule has 1 fully saturated rings. The molecule has 3 nitrogen and oxygen atoms in total. The first-order valence-corrected chi connectivity index (χ1v) is 3.01. The minimum atomic E-state index is -0.975. The van der Waals surface area contributed by atoms with Crippen molar-refractivity contribution in [3.63, 3.8) is 0 Å². The first-order valence-electron chi connectivity index (χ1n) is 3.01. The summed E-state index contributed by atoms with van der Waals surface area (Å²) in [6.07, 6.45) is 4.58. The molecule has 1 rings (SSSR count). The highest BCUT2D eigenvalue weighted by Crippen LogP contribution is 2.25. The molecule has 2 atom stereocenters. The molecule has 1 heterocycles. The summed E-state index contributed by atoms with van der Waals surface area (Å²) >= 11 is 0. The topological polar surface area (TPSA) is 53.3 Å². The average Bonchev–Trinajstić information content (AvgIpc) is 2.09. The van der Waals surface area contributed by atoms with Crippen molar-refractivity contribution in [3.05, 3.63) is 0 Å². The van der Waals surface area contributed by atoms with Crippen LogP contribution in [0.2, 0.25) is 0 Å². The van der Waals surface area contributed by atoms with Gasteiger partial charge in [-0.1, -0.05) is 5.92 Å². The van der Waals surface area contributed by atoms with Crippen LogP contribution in [0.5, 0.6) is 0 Å². The molecule has 10 heavy (non-hydrogen) atoms. The molecule has 0 aliphatic carbocycles. The Morgan fingerprint density at radius 1 is 2.00 bits per heavy atom. The number of terminal acetylenes is 1. The van der Waals surface area contributed by atoms with Crippen LogP contribution in [0.15, 0.2) is 0 Å². The molecule has 0 saturated carbocycles. The van der Waals surface area contributed by atoms with E-state index in [1.165, 1.54) is 0 Å². The third-order valence-corrected chi connectivity index (χ3v) is 1.64. The van der Waals surface area contributed by atoms with E-state index >= 15 is 0 Å². The summed E-state index contributed by atoms with van der Waals surface area (Å²) in [5.41, 5.74) is -0.975. The van der Waals surface area contributed by atoms with Gasteiger partial charge < -0.3 is 9.84 Å². The van der Waals surface area contributed by atoms with Crippen molar-refractivity contribution in [3.8, 4) is 12.3 Å². The van der Waals surface area contributed by atoms with Crippen LogP contribution < -0.4 is 0 Å². The zero-order valence-corrected chi connectivity index (χ0v) is 5.72. The number of aliphatic hydroxyl groups excluding tert-OH is 1. The summed E-state index contributed by atoms with van der Waals surface area (Å²) in [6.45, 7) is 1.60. The molecule has 1 aliphatic heterocycles. The molecular formula is C7H9NO2. The lowest BCUT2D eigenvalue weighted by Crippen LogP contribution is -2.33. The van der Waals surface area contributed by atoms with Gasteiger partial charge in [-0.15, -0.1) is 6.42 Å². The molecule has 0 bridgehead atoms. The number of aliphatic hydroxyl groups is 1. The number of ether oxygens (including phenoxy) is 1. The first kappa shape index (κ1) is 7.10. The Hall–Kier alpha value is -1.01. The molecule has 2 unspecified atom stereocenters. The van der Waals surface area contributed by atoms with Gasteiger partial charge >= 0.3 is 0 Å². The van der Waals surface area contributed by atoms with E-state index in [-0.39, 0.29) is 12.3 Å². The molecule has 0 radical (unpaired) electrons. The van der Waals surface area contributed by atoms with Crippen molar-refractivity contribution in [2.75, 3.05) is 0 Å². The Bertz CT molecular complexity index is 206. The Morgan fingerprint density at radius 3 is 2.80 bits per heavy atom. The Labute approximate surface area is 59.5 Å². The molecule has 3 heteroatoms. The van der Waals surface area contributed by atoms with Crippen LogP contribution in [0.1, 0.15) is 13.3 Å². The van der Waals surface area contributed by atoms with Crippen molar-refractivity contribution in [2.45, 2.75) is 25.0 Å². The number of hydrogen-bond donors (Lipinski definition) is 2. The van der Waals surface area contributed by atoms with Crippen LogP contribution in [0.3, 0.4) is 0 Å². The lowest BCUT2D eigenvalue weighted by atomic mass is 10.0. The van der Waals surface area contributed by atoms with Crippen molar-refractivity contribution in [2.24, 2.45) is 0 Å². The molecule has 0 aromatic rings. The van der Waals surface area contributed by atoms with Gasteiger partial charge in [-0.05, 0) is 6.92 Å². The molecule has 0 aromatic heterocycles. The van der Waals surface area contributed by atoms with Gasteiger partial charge in [0.1, 0.15) is 6.10 Å². The second-order valence-corrected chi connectivity index (χ2v) is 2.50. The van der Waals surface area contributed by atoms with Gasteiger partial charge in [-0.3, -0.25) is 5.41 Å². The van der Waals surface area contributed by atoms with Gasteiger partial charge in [0.15, 0.2) is 11.5 Å². The van der Waals surface area contributed by atoms with Crippen LogP contribution in [0.4, 0.5) is 0 Å². The largest absolute Gasteiger partial charge is 0.459 e. The highest BCUT2D eigenvalue weighted by atomic mass is 16.5. The minimum absolute atomic E-state index is 0.0629. The van der Waals surface area contributed by atoms with Crippen LogP contribution in [0.25, 0.3) is 0 Å². The molecule has 0 aromatic carbocycles. The van der Waals surface area contributed by atoms with Gasteiger partial charge in [0, 0.05) is 0 Å². The number of rotatable bonds is 0. The third kappa shape index (κ3) is 0.869. The standard InChI is InChI=1S/C7H9NO2/c1-3-7(2)5(9)4-6(8)10-7/h1,5,8-9H,4H2,2H3. The summed E-state index contributed by atoms with van der Waals surface area (Å²) in [6, 6.07) is 0. The first-order chi connectivity index (χ1) is 4.58. The fraction of sp³-hybridized carbons (Fsp3) is 0.571. The van der Waals surface area contributed by atoms with Crippen LogP contribution in [-0.4, -0.2) is 22.7 Å². The zero-order chi connectivity index (χ0) is 7.78. The van der Waals surface area contributed by atoms with E-state index in [0.717, 1.165) is 0 Å². The van der Waals surface area contributed by atoms with Gasteiger partial charge in [-0.25, -0.2) is 0 Å². The summed E-state index contributed by atoms with van der Waals surface area (Å²) in [5, 5.41) is 16.3. The third-order valence-electron chi connectivity index (χ3n) is 1.64. The molecule has 0 spiro atoms. The van der Waals surface area contributed by atoms with Crippen molar-refractivity contribution >= 4 is 5.90 Å². The molecule has 1 aliphatic rings. The fourth-order valence-electron chi connectivity index (χ4n) is 0.862. The highest BCUT2D eigenvalue weighted by molar-refractivity contribution is 5.77. The van der Waals surface area contributed by atoms with E-state index in [2.05, 4.69) is 5.92 Å². The molecule has 0 amide bonds. The van der Waals surface area contributed by atoms with Crippen LogP contribution >= 0.6 is 0 Å². The van der Waals surface area contributed by atoms with E-state index in [1.54, 1.807) is 6.92 Å². The number of hydrogen-bond acceptors (Lipinski definition) is 3. The zero-order valence-electron chi connectivity index (χ0n) is 5.72. The van der Waals surface area contributed by atoms with E-state index in [0.29, 0.717) is 0 Å². The van der Waals surface area contributed by atoms with E-state index in [4.69, 9.17) is 16.6 Å². The molecular weight excluding hydrogens is 130 g/mol. The maximum Gasteiger partial charge on any atom is 0.193 e. The predicted molar refractivity (Wildman–Crippen MR) is 36.7 cm³/mol.